The minimum Gasteiger partial charge on any atom is -0.482 e. The Labute approximate surface area is 504 Å². The maximum absolute atomic E-state index is 16.0. The van der Waals surface area contributed by atoms with E-state index >= 15 is 9.59 Å². The van der Waals surface area contributed by atoms with Gasteiger partial charge in [0.2, 0.25) is 0 Å². The van der Waals surface area contributed by atoms with Crippen LogP contribution in [0.5, 0.6) is 5.75 Å². The molecule has 1 aromatic heterocycles. The second-order valence-electron chi connectivity index (χ2n) is 26.8. The molecular formula is C75H82O11. The van der Waals surface area contributed by atoms with Gasteiger partial charge in [-0.2, -0.15) is 0 Å². The van der Waals surface area contributed by atoms with E-state index in [1.54, 1.807) is 13.0 Å². The zero-order valence-corrected chi connectivity index (χ0v) is 49.9. The monoisotopic (exact) mass is 1160 g/mol. The number of fused-ring (bicyclic) bond motifs is 20. The van der Waals surface area contributed by atoms with Gasteiger partial charge in [0, 0.05) is 53.9 Å². The van der Waals surface area contributed by atoms with Crippen LogP contribution < -0.4 is 10.4 Å². The Morgan fingerprint density at radius 2 is 1.63 bits per heavy atom. The lowest BCUT2D eigenvalue weighted by atomic mass is 9.54. The quantitative estimate of drug-likeness (QED) is 0.0718. The average Bonchev–Trinajstić information content (AvgIpc) is 1.32. The summed E-state index contributed by atoms with van der Waals surface area (Å²) in [6, 6.07) is 39.6. The lowest BCUT2D eigenvalue weighted by Crippen LogP contribution is -2.62. The number of hydrogen-bond acceptors (Lipinski definition) is 11. The summed E-state index contributed by atoms with van der Waals surface area (Å²) in [5.41, 5.74) is 10.2. The fourth-order valence-corrected chi connectivity index (χ4v) is 18.8. The van der Waals surface area contributed by atoms with E-state index in [-0.39, 0.29) is 96.2 Å². The Hall–Kier alpha value is -6.63. The van der Waals surface area contributed by atoms with Gasteiger partial charge in [0.25, 0.3) is 0 Å². The summed E-state index contributed by atoms with van der Waals surface area (Å²) >= 11 is 0. The van der Waals surface area contributed by atoms with E-state index in [1.807, 2.05) is 6.07 Å². The maximum atomic E-state index is 16.0. The number of ether oxygens (including phenoxy) is 4. The van der Waals surface area contributed by atoms with Crippen molar-refractivity contribution < 1.29 is 48.3 Å². The van der Waals surface area contributed by atoms with Gasteiger partial charge < -0.3 is 38.7 Å². The first-order valence-corrected chi connectivity index (χ1v) is 32.3. The van der Waals surface area contributed by atoms with Crippen molar-refractivity contribution in [2.75, 3.05) is 26.9 Å². The van der Waals surface area contributed by atoms with Crippen LogP contribution in [0.4, 0.5) is 0 Å². The summed E-state index contributed by atoms with van der Waals surface area (Å²) in [5.74, 6) is -0.284. The van der Waals surface area contributed by atoms with E-state index in [9.17, 15) is 20.1 Å². The fourth-order valence-electron chi connectivity index (χ4n) is 18.8. The highest BCUT2D eigenvalue weighted by Gasteiger charge is 2.65. The summed E-state index contributed by atoms with van der Waals surface area (Å²) in [7, 11) is 1.53. The minimum atomic E-state index is -1.33. The first-order valence-electron chi connectivity index (χ1n) is 32.3. The summed E-state index contributed by atoms with van der Waals surface area (Å²) in [6.07, 6.45) is 15.9. The molecule has 2 bridgehead atoms. The highest BCUT2D eigenvalue weighted by molar-refractivity contribution is 5.90. The van der Waals surface area contributed by atoms with Crippen LogP contribution in [0.15, 0.2) is 136 Å². The van der Waals surface area contributed by atoms with Crippen molar-refractivity contribution in [1.29, 1.82) is 0 Å². The fraction of sp³-hybridized carbons (Fsp3) is 0.480. The smallest absolute Gasteiger partial charge is 0.340 e. The van der Waals surface area contributed by atoms with Crippen LogP contribution in [0.3, 0.4) is 0 Å². The Kier molecular flexibility index (Phi) is 15.6. The van der Waals surface area contributed by atoms with Gasteiger partial charge >= 0.3 is 17.6 Å². The molecule has 4 heterocycles. The molecule has 0 amide bonds. The maximum Gasteiger partial charge on any atom is 0.340 e. The van der Waals surface area contributed by atoms with Gasteiger partial charge in [-0.1, -0.05) is 122 Å². The van der Waals surface area contributed by atoms with Gasteiger partial charge in [0.05, 0.1) is 25.4 Å². The number of carbonyl (C=O) groups excluding carboxylic acids is 2. The number of carbonyl (C=O) groups is 2. The number of aliphatic hydroxyl groups is 3. The van der Waals surface area contributed by atoms with Gasteiger partial charge in [0.1, 0.15) is 11.3 Å². The van der Waals surface area contributed by atoms with Crippen molar-refractivity contribution in [2.24, 2.45) is 29.6 Å². The van der Waals surface area contributed by atoms with Gasteiger partial charge in [0.15, 0.2) is 17.8 Å². The summed E-state index contributed by atoms with van der Waals surface area (Å²) in [5, 5.41) is 32.8. The summed E-state index contributed by atoms with van der Waals surface area (Å²) < 4.78 is 34.1. The molecular weight excluding hydrogens is 1080 g/mol. The molecule has 0 unspecified atom stereocenters. The Bertz CT molecular complexity index is 3680. The predicted octanol–water partition coefficient (Wildman–Crippen LogP) is 13.7. The van der Waals surface area contributed by atoms with Crippen LogP contribution in [0.1, 0.15) is 194 Å². The van der Waals surface area contributed by atoms with Crippen LogP contribution in [0.2, 0.25) is 0 Å². The van der Waals surface area contributed by atoms with Crippen LogP contribution in [0.25, 0.3) is 17.0 Å². The van der Waals surface area contributed by atoms with Crippen molar-refractivity contribution in [1.82, 2.24) is 0 Å². The molecule has 448 valence electrons. The number of hydrogen-bond donors (Lipinski definition) is 3. The third kappa shape index (κ3) is 9.64. The second kappa shape index (κ2) is 23.5. The zero-order valence-electron chi connectivity index (χ0n) is 49.9. The largest absolute Gasteiger partial charge is 0.482 e. The van der Waals surface area contributed by atoms with E-state index in [0.717, 1.165) is 56.9 Å². The highest BCUT2D eigenvalue weighted by atomic mass is 16.6. The summed E-state index contributed by atoms with van der Waals surface area (Å²) in [6.45, 7) is 0.741. The number of allylic oxidation sites excluding steroid dienone is 1. The van der Waals surface area contributed by atoms with E-state index in [0.29, 0.717) is 53.0 Å². The molecule has 15 rings (SSSR count). The molecule has 1 spiro atoms. The lowest BCUT2D eigenvalue weighted by molar-refractivity contribution is -0.212. The van der Waals surface area contributed by atoms with Crippen molar-refractivity contribution in [3.8, 4) is 5.75 Å². The van der Waals surface area contributed by atoms with Gasteiger partial charge in [-0.15, -0.1) is 0 Å². The van der Waals surface area contributed by atoms with E-state index < -0.39 is 47.9 Å². The van der Waals surface area contributed by atoms with Crippen LogP contribution >= 0.6 is 0 Å². The molecule has 0 radical (unpaired) electrons. The third-order valence-electron chi connectivity index (χ3n) is 22.8. The second-order valence-corrected chi connectivity index (χ2v) is 26.8. The molecule has 86 heavy (non-hydrogen) atoms. The van der Waals surface area contributed by atoms with Gasteiger partial charge in [-0.3, -0.25) is 4.79 Å². The van der Waals surface area contributed by atoms with Crippen molar-refractivity contribution in [3.05, 3.63) is 198 Å². The molecule has 6 aliphatic carbocycles. The van der Waals surface area contributed by atoms with Crippen LogP contribution in [0, 0.1) is 29.6 Å². The molecule has 3 aliphatic heterocycles. The first kappa shape index (κ1) is 57.1. The standard InChI is InChI=1S/C75H82O11/c1-44(41-77)55-28-21-45-19-22-47(23-20-45)56-29-26-50(49-13-9-15-54(38-49)74-34-8-7-14-53(74)27-24-48-12-4-6-18-63(48)74)37-52(56)39-66(79)83-70-68-65(32-31-60-62(42-78)67(73(81)84-69(60)68)51(33-36-76)43-82-2)86-75(71(70)85-72(55)80)35-10-17-59-58-30-25-46-11-3-5-16-57(46)61(58)40-64(59)75/h3-6,9,11-13,15-16,18-20,22-23,25,30-32,38,50-53,56,58-59,61,64,70-71,76-78H,7-8,10,14,17,21,24,26-29,33-37,39-43H2,1-2H3/b55-44-/t50-,51-,52-,53-,56+,58-,59-,61-,64+,70-,71+,74+,75+/m1/s1. The average molecular weight is 1160 g/mol. The molecule has 9 aliphatic rings. The molecule has 3 N–H and O–H groups in total. The van der Waals surface area contributed by atoms with E-state index in [2.05, 4.69) is 109 Å². The zero-order chi connectivity index (χ0) is 58.8. The number of esters is 2. The topological polar surface area (TPSA) is 162 Å². The van der Waals surface area contributed by atoms with Crippen LogP contribution in [-0.4, -0.2) is 65.9 Å². The molecule has 0 saturated heterocycles. The first-order chi connectivity index (χ1) is 42.0. The van der Waals surface area contributed by atoms with Crippen molar-refractivity contribution in [3.63, 3.8) is 0 Å². The van der Waals surface area contributed by atoms with E-state index in [4.69, 9.17) is 23.4 Å². The SMILES string of the molecule is COC[C@@H](CCO)c1c(CO)c2ccc3c(c2oc1=O)[C@H]1OC(=O)C[C@H]2C[C@H](c4cccc([C@]56CCCC[C@@H]5CCc5ccccc56)c4)CC[C@H]2c2ccc(cc2)CC/C(=C(\C)CO)C(=O)O[C@@H]1[C@@]1(CCC[C@@H]2[C@H]4C=Cc5ccccc5[C@H]4C[C@@H]21)O3. The molecule has 6 aromatic rings. The lowest BCUT2D eigenvalue weighted by Gasteiger charge is -2.53. The molecule has 4 saturated carbocycles. The third-order valence-corrected chi connectivity index (χ3v) is 22.8. The number of rotatable bonds is 9. The van der Waals surface area contributed by atoms with Gasteiger partial charge in [-0.25, -0.2) is 9.59 Å². The number of aryl methyl sites for hydroxylation is 2. The predicted molar refractivity (Wildman–Crippen MR) is 330 cm³/mol. The molecule has 4 fully saturated rings. The molecule has 13 atom stereocenters. The Balaban J connectivity index is 0.910. The molecule has 11 nitrogen and oxygen atoms in total. The van der Waals surface area contributed by atoms with E-state index in [1.165, 1.54) is 71.7 Å². The minimum absolute atomic E-state index is 0.0253. The number of aliphatic hydroxyl groups excluding tert-OH is 3. The highest BCUT2D eigenvalue weighted by Crippen LogP contribution is 2.64. The molecule has 11 heteroatoms. The van der Waals surface area contributed by atoms with Crippen molar-refractivity contribution in [2.45, 2.75) is 170 Å². The van der Waals surface area contributed by atoms with Crippen molar-refractivity contribution >= 4 is 29.0 Å². The van der Waals surface area contributed by atoms with Gasteiger partial charge in [-0.05, 0) is 206 Å². The number of methoxy groups -OCH3 is 1. The van der Waals surface area contributed by atoms with Crippen LogP contribution in [-0.2, 0) is 48.7 Å². The Morgan fingerprint density at radius 3 is 2.47 bits per heavy atom. The summed E-state index contributed by atoms with van der Waals surface area (Å²) in [4.78, 5) is 46.3. The number of benzene rings is 5. The Morgan fingerprint density at radius 1 is 0.779 bits per heavy atom. The molecule has 5 aromatic carbocycles. The normalized spacial score (nSPS) is 31.1.